The number of amides is 2. The average molecular weight is 439 g/mol. The molecule has 0 aromatic heterocycles. The number of alkyl carbamates (subject to hydrolysis) is 1. The molecule has 3 rings (SSSR count). The molecule has 7 heteroatoms. The Kier molecular flexibility index (Phi) is 7.51. The van der Waals surface area contributed by atoms with Gasteiger partial charge in [0.05, 0.1) is 0 Å². The first-order valence-electron chi connectivity index (χ1n) is 11.0. The third kappa shape index (κ3) is 4.93. The predicted molar refractivity (Wildman–Crippen MR) is 121 cm³/mol. The van der Waals surface area contributed by atoms with Crippen molar-refractivity contribution in [2.45, 2.75) is 51.6 Å². The summed E-state index contributed by atoms with van der Waals surface area (Å²) in [7, 11) is 0. The number of aliphatic carboxylic acids is 1. The van der Waals surface area contributed by atoms with Crippen LogP contribution in [0.2, 0.25) is 0 Å². The van der Waals surface area contributed by atoms with Crippen LogP contribution in [0.3, 0.4) is 0 Å². The van der Waals surface area contributed by atoms with Gasteiger partial charge in [0.15, 0.2) is 0 Å². The first kappa shape index (κ1) is 23.3. The summed E-state index contributed by atoms with van der Waals surface area (Å²) in [4.78, 5) is 36.6. The van der Waals surface area contributed by atoms with E-state index in [0.29, 0.717) is 12.8 Å². The van der Waals surface area contributed by atoms with E-state index in [9.17, 15) is 19.5 Å². The maximum Gasteiger partial charge on any atom is 0.407 e. The highest BCUT2D eigenvalue weighted by atomic mass is 16.5. The van der Waals surface area contributed by atoms with Gasteiger partial charge in [-0.2, -0.15) is 0 Å². The van der Waals surface area contributed by atoms with Gasteiger partial charge in [0.25, 0.3) is 0 Å². The van der Waals surface area contributed by atoms with E-state index in [4.69, 9.17) is 4.74 Å². The molecule has 1 unspecified atom stereocenters. The van der Waals surface area contributed by atoms with Crippen LogP contribution in [-0.2, 0) is 14.3 Å². The summed E-state index contributed by atoms with van der Waals surface area (Å²) in [6.45, 7) is 5.51. The number of benzene rings is 2. The Labute approximate surface area is 188 Å². The van der Waals surface area contributed by atoms with Crippen LogP contribution in [0.25, 0.3) is 11.1 Å². The SMILES string of the molecule is CCC(C)[C@H](NC(=O)[C@H](CC)NC(=O)OCC1c2ccccc2-c2ccccc21)C(=O)O. The van der Waals surface area contributed by atoms with Gasteiger partial charge < -0.3 is 20.5 Å². The molecule has 0 radical (unpaired) electrons. The number of carbonyl (C=O) groups is 3. The van der Waals surface area contributed by atoms with Crippen LogP contribution in [-0.4, -0.2) is 41.8 Å². The normalized spacial score (nSPS) is 15.1. The van der Waals surface area contributed by atoms with Gasteiger partial charge in [-0.1, -0.05) is 75.7 Å². The number of fused-ring (bicyclic) bond motifs is 3. The Balaban J connectivity index is 1.63. The standard InChI is InChI=1S/C25H30N2O5/c1-4-15(3)22(24(29)30)27-23(28)21(5-2)26-25(31)32-14-20-18-12-8-6-10-16(18)17-11-7-9-13-19(17)20/h6-13,15,20-22H,4-5,14H2,1-3H3,(H,26,31)(H,27,28)(H,29,30)/t15?,21-,22-/m0/s1. The fourth-order valence-corrected chi connectivity index (χ4v) is 4.07. The highest BCUT2D eigenvalue weighted by molar-refractivity contribution is 5.89. The Bertz CT molecular complexity index is 944. The molecule has 2 amide bonds. The second-order valence-electron chi connectivity index (χ2n) is 8.14. The molecular weight excluding hydrogens is 408 g/mol. The smallest absolute Gasteiger partial charge is 0.407 e. The number of hydrogen-bond acceptors (Lipinski definition) is 4. The number of hydrogen-bond donors (Lipinski definition) is 3. The first-order valence-corrected chi connectivity index (χ1v) is 11.0. The summed E-state index contributed by atoms with van der Waals surface area (Å²) < 4.78 is 5.50. The summed E-state index contributed by atoms with van der Waals surface area (Å²) in [5, 5.41) is 14.5. The monoisotopic (exact) mass is 438 g/mol. The second-order valence-corrected chi connectivity index (χ2v) is 8.14. The fraction of sp³-hybridized carbons (Fsp3) is 0.400. The molecule has 3 N–H and O–H groups in total. The number of ether oxygens (including phenoxy) is 1. The minimum absolute atomic E-state index is 0.0798. The molecule has 0 saturated heterocycles. The van der Waals surface area contributed by atoms with Gasteiger partial charge in [0.2, 0.25) is 5.91 Å². The molecule has 0 saturated carbocycles. The molecule has 32 heavy (non-hydrogen) atoms. The Morgan fingerprint density at radius 3 is 2.00 bits per heavy atom. The molecule has 0 bridgehead atoms. The number of rotatable bonds is 9. The first-order chi connectivity index (χ1) is 15.4. The van der Waals surface area contributed by atoms with Gasteiger partial charge in [-0.15, -0.1) is 0 Å². The molecule has 0 aliphatic heterocycles. The highest BCUT2D eigenvalue weighted by Crippen LogP contribution is 2.44. The van der Waals surface area contributed by atoms with Crippen LogP contribution in [0, 0.1) is 5.92 Å². The van der Waals surface area contributed by atoms with Crippen LogP contribution >= 0.6 is 0 Å². The summed E-state index contributed by atoms with van der Waals surface area (Å²) >= 11 is 0. The summed E-state index contributed by atoms with van der Waals surface area (Å²) in [5.41, 5.74) is 4.47. The molecule has 0 heterocycles. The molecule has 0 fully saturated rings. The zero-order chi connectivity index (χ0) is 23.3. The van der Waals surface area contributed by atoms with Crippen molar-refractivity contribution in [3.8, 4) is 11.1 Å². The Morgan fingerprint density at radius 2 is 1.50 bits per heavy atom. The molecule has 170 valence electrons. The summed E-state index contributed by atoms with van der Waals surface area (Å²) in [6, 6.07) is 14.2. The van der Waals surface area contributed by atoms with Gasteiger partial charge in [-0.3, -0.25) is 4.79 Å². The molecule has 0 spiro atoms. The van der Waals surface area contributed by atoms with E-state index < -0.39 is 30.1 Å². The van der Waals surface area contributed by atoms with Crippen molar-refractivity contribution >= 4 is 18.0 Å². The number of carbonyl (C=O) groups excluding carboxylic acids is 2. The molecule has 3 atom stereocenters. The second kappa shape index (κ2) is 10.3. The highest BCUT2D eigenvalue weighted by Gasteiger charge is 2.31. The van der Waals surface area contributed by atoms with Crippen LogP contribution in [0.5, 0.6) is 0 Å². The molecular formula is C25H30N2O5. The quantitative estimate of drug-likeness (QED) is 0.550. The van der Waals surface area contributed by atoms with E-state index in [1.807, 2.05) is 43.3 Å². The molecule has 2 aromatic rings. The van der Waals surface area contributed by atoms with E-state index in [0.717, 1.165) is 22.3 Å². The molecule has 1 aliphatic carbocycles. The number of carboxylic acid groups (broad SMARTS) is 1. The lowest BCUT2D eigenvalue weighted by atomic mass is 9.98. The van der Waals surface area contributed by atoms with Crippen molar-refractivity contribution in [3.63, 3.8) is 0 Å². The van der Waals surface area contributed by atoms with Gasteiger partial charge in [-0.05, 0) is 34.6 Å². The van der Waals surface area contributed by atoms with E-state index in [1.165, 1.54) is 0 Å². The van der Waals surface area contributed by atoms with Gasteiger partial charge >= 0.3 is 12.1 Å². The van der Waals surface area contributed by atoms with Crippen molar-refractivity contribution in [2.75, 3.05) is 6.61 Å². The maximum atomic E-state index is 12.6. The fourth-order valence-electron chi connectivity index (χ4n) is 4.07. The lowest BCUT2D eigenvalue weighted by Crippen LogP contribution is -2.53. The van der Waals surface area contributed by atoms with Crippen molar-refractivity contribution in [2.24, 2.45) is 5.92 Å². The third-order valence-corrected chi connectivity index (χ3v) is 6.14. The van der Waals surface area contributed by atoms with Crippen LogP contribution in [0.1, 0.15) is 50.7 Å². The summed E-state index contributed by atoms with van der Waals surface area (Å²) in [6.07, 6.45) is 0.209. The van der Waals surface area contributed by atoms with E-state index in [2.05, 4.69) is 22.8 Å². The van der Waals surface area contributed by atoms with Crippen molar-refractivity contribution in [1.29, 1.82) is 0 Å². The van der Waals surface area contributed by atoms with Crippen molar-refractivity contribution in [3.05, 3.63) is 59.7 Å². The van der Waals surface area contributed by atoms with Crippen LogP contribution in [0.15, 0.2) is 48.5 Å². The van der Waals surface area contributed by atoms with Gasteiger partial charge in [0.1, 0.15) is 18.7 Å². The van der Waals surface area contributed by atoms with E-state index in [-0.39, 0.29) is 18.4 Å². The van der Waals surface area contributed by atoms with E-state index in [1.54, 1.807) is 13.8 Å². The number of nitrogens with one attached hydrogen (secondary N) is 2. The van der Waals surface area contributed by atoms with Gasteiger partial charge in [-0.25, -0.2) is 9.59 Å². The number of carboxylic acids is 1. The maximum absolute atomic E-state index is 12.6. The lowest BCUT2D eigenvalue weighted by molar-refractivity contribution is -0.143. The van der Waals surface area contributed by atoms with E-state index >= 15 is 0 Å². The third-order valence-electron chi connectivity index (χ3n) is 6.14. The van der Waals surface area contributed by atoms with Crippen molar-refractivity contribution in [1.82, 2.24) is 10.6 Å². The molecule has 2 aromatic carbocycles. The summed E-state index contributed by atoms with van der Waals surface area (Å²) in [5.74, 6) is -1.94. The van der Waals surface area contributed by atoms with Crippen LogP contribution in [0.4, 0.5) is 4.79 Å². The minimum atomic E-state index is -1.09. The van der Waals surface area contributed by atoms with Crippen molar-refractivity contribution < 1.29 is 24.2 Å². The predicted octanol–water partition coefficient (Wildman–Crippen LogP) is 3.92. The Morgan fingerprint density at radius 1 is 0.938 bits per heavy atom. The Hall–Kier alpha value is -3.35. The largest absolute Gasteiger partial charge is 0.480 e. The molecule has 1 aliphatic rings. The van der Waals surface area contributed by atoms with Gasteiger partial charge in [0, 0.05) is 5.92 Å². The average Bonchev–Trinajstić information content (AvgIpc) is 3.12. The minimum Gasteiger partial charge on any atom is -0.480 e. The zero-order valence-electron chi connectivity index (χ0n) is 18.6. The zero-order valence-corrected chi connectivity index (χ0v) is 18.6. The topological polar surface area (TPSA) is 105 Å². The molecule has 7 nitrogen and oxygen atoms in total. The van der Waals surface area contributed by atoms with Crippen LogP contribution < -0.4 is 10.6 Å². The lowest BCUT2D eigenvalue weighted by Gasteiger charge is -2.24.